The van der Waals surface area contributed by atoms with E-state index in [2.05, 4.69) is 76.0 Å². The molecule has 1 aliphatic rings. The Morgan fingerprint density at radius 3 is 2.33 bits per heavy atom. The second-order valence-electron chi connectivity index (χ2n) is 8.53. The summed E-state index contributed by atoms with van der Waals surface area (Å²) in [5.41, 5.74) is 3.40. The van der Waals surface area contributed by atoms with Crippen LogP contribution in [0, 0.1) is 11.3 Å². The number of nitrogens with one attached hydrogen (secondary N) is 1. The van der Waals surface area contributed by atoms with Gasteiger partial charge in [-0.1, -0.05) is 39.0 Å². The zero-order chi connectivity index (χ0) is 15.7. The Balaban J connectivity index is 2.10. The highest BCUT2D eigenvalue weighted by Crippen LogP contribution is 2.36. The Kier molecular flexibility index (Phi) is 4.67. The predicted molar refractivity (Wildman–Crippen MR) is 92.8 cm³/mol. The number of benzene rings is 1. The molecule has 1 heterocycles. The lowest BCUT2D eigenvalue weighted by Crippen LogP contribution is -2.35. The zero-order valence-electron chi connectivity index (χ0n) is 14.7. The molecule has 118 valence electrons. The second-order valence-corrected chi connectivity index (χ2v) is 8.53. The average molecular weight is 288 g/mol. The van der Waals surface area contributed by atoms with Gasteiger partial charge in [0.25, 0.3) is 0 Å². The van der Waals surface area contributed by atoms with Crippen LogP contribution in [0.2, 0.25) is 0 Å². The van der Waals surface area contributed by atoms with Crippen LogP contribution in [-0.2, 0) is 6.54 Å². The van der Waals surface area contributed by atoms with E-state index in [1.54, 1.807) is 0 Å². The summed E-state index contributed by atoms with van der Waals surface area (Å²) < 4.78 is 0. The van der Waals surface area contributed by atoms with Crippen molar-refractivity contribution in [2.24, 2.45) is 11.3 Å². The van der Waals surface area contributed by atoms with Crippen LogP contribution in [0.15, 0.2) is 24.3 Å². The maximum Gasteiger partial charge on any atom is 0.0411 e. The summed E-state index contributed by atoms with van der Waals surface area (Å²) in [4.78, 5) is 2.58. The first-order valence-electron chi connectivity index (χ1n) is 8.25. The number of anilines is 1. The van der Waals surface area contributed by atoms with Crippen LogP contribution in [0.5, 0.6) is 0 Å². The summed E-state index contributed by atoms with van der Waals surface area (Å²) in [5, 5.41) is 3.62. The molecule has 1 saturated heterocycles. The van der Waals surface area contributed by atoms with Gasteiger partial charge in [0.15, 0.2) is 0 Å². The van der Waals surface area contributed by atoms with Crippen molar-refractivity contribution in [3.8, 4) is 0 Å². The van der Waals surface area contributed by atoms with E-state index in [0.717, 1.165) is 12.5 Å². The molecule has 1 aromatic rings. The van der Waals surface area contributed by atoms with Crippen LogP contribution in [-0.4, -0.2) is 18.6 Å². The molecule has 1 unspecified atom stereocenters. The highest BCUT2D eigenvalue weighted by molar-refractivity contribution is 5.54. The van der Waals surface area contributed by atoms with Crippen molar-refractivity contribution in [3.63, 3.8) is 0 Å². The Morgan fingerprint density at radius 2 is 1.76 bits per heavy atom. The molecule has 0 spiro atoms. The maximum atomic E-state index is 3.62. The zero-order valence-corrected chi connectivity index (χ0v) is 14.7. The Morgan fingerprint density at radius 1 is 1.10 bits per heavy atom. The molecule has 1 aromatic carbocycles. The summed E-state index contributed by atoms with van der Waals surface area (Å²) in [6.07, 6.45) is 1.31. The number of hydrogen-bond donors (Lipinski definition) is 1. The van der Waals surface area contributed by atoms with Gasteiger partial charge >= 0.3 is 0 Å². The van der Waals surface area contributed by atoms with Crippen molar-refractivity contribution in [1.29, 1.82) is 0 Å². The number of nitrogens with zero attached hydrogens (tertiary/aromatic N) is 1. The van der Waals surface area contributed by atoms with E-state index in [1.165, 1.54) is 30.8 Å². The monoisotopic (exact) mass is 288 g/mol. The molecule has 2 rings (SSSR count). The highest BCUT2D eigenvalue weighted by Gasteiger charge is 2.32. The van der Waals surface area contributed by atoms with Crippen LogP contribution in [0.25, 0.3) is 0 Å². The standard InChI is InChI=1S/C19H32N2/c1-18(2,3)16-11-12-21(14-16)17-10-8-7-9-15(17)13-20-19(4,5)6/h7-10,16,20H,11-14H2,1-6H3. The minimum absolute atomic E-state index is 0.159. The largest absolute Gasteiger partial charge is 0.371 e. The molecule has 0 radical (unpaired) electrons. The van der Waals surface area contributed by atoms with Crippen molar-refractivity contribution in [1.82, 2.24) is 5.32 Å². The van der Waals surface area contributed by atoms with Crippen molar-refractivity contribution < 1.29 is 0 Å². The summed E-state index contributed by atoms with van der Waals surface area (Å²) in [6.45, 7) is 17.1. The van der Waals surface area contributed by atoms with E-state index in [9.17, 15) is 0 Å². The Bertz CT molecular complexity index is 465. The third kappa shape index (κ3) is 4.47. The van der Waals surface area contributed by atoms with Crippen LogP contribution in [0.3, 0.4) is 0 Å². The van der Waals surface area contributed by atoms with Gasteiger partial charge in [-0.2, -0.15) is 0 Å². The normalized spacial score (nSPS) is 20.1. The lowest BCUT2D eigenvalue weighted by molar-refractivity contribution is 0.263. The van der Waals surface area contributed by atoms with E-state index in [0.29, 0.717) is 5.41 Å². The van der Waals surface area contributed by atoms with E-state index in [4.69, 9.17) is 0 Å². The minimum Gasteiger partial charge on any atom is -0.371 e. The van der Waals surface area contributed by atoms with E-state index < -0.39 is 0 Å². The molecular weight excluding hydrogens is 256 g/mol. The molecule has 0 bridgehead atoms. The summed E-state index contributed by atoms with van der Waals surface area (Å²) in [5.74, 6) is 0.793. The number of hydrogen-bond acceptors (Lipinski definition) is 2. The van der Waals surface area contributed by atoms with Crippen molar-refractivity contribution in [3.05, 3.63) is 29.8 Å². The first-order valence-corrected chi connectivity index (χ1v) is 8.25. The van der Waals surface area contributed by atoms with Gasteiger partial charge in [0, 0.05) is 30.9 Å². The molecule has 1 fully saturated rings. The summed E-state index contributed by atoms with van der Waals surface area (Å²) in [6, 6.07) is 8.87. The summed E-state index contributed by atoms with van der Waals surface area (Å²) in [7, 11) is 0. The van der Waals surface area contributed by atoms with Gasteiger partial charge in [-0.25, -0.2) is 0 Å². The van der Waals surface area contributed by atoms with Gasteiger partial charge in [-0.3, -0.25) is 0 Å². The maximum absolute atomic E-state index is 3.62. The SMILES string of the molecule is CC(C)(C)NCc1ccccc1N1CCC(C(C)(C)C)C1. The lowest BCUT2D eigenvalue weighted by atomic mass is 9.80. The number of rotatable bonds is 3. The Labute approximate surface area is 130 Å². The molecular formula is C19H32N2. The molecule has 0 aromatic heterocycles. The van der Waals surface area contributed by atoms with Gasteiger partial charge in [-0.05, 0) is 50.2 Å². The molecule has 0 amide bonds. The van der Waals surface area contributed by atoms with Crippen LogP contribution in [0.4, 0.5) is 5.69 Å². The molecule has 1 aliphatic heterocycles. The van der Waals surface area contributed by atoms with Crippen molar-refractivity contribution >= 4 is 5.69 Å². The van der Waals surface area contributed by atoms with Crippen molar-refractivity contribution in [2.75, 3.05) is 18.0 Å². The summed E-state index contributed by atoms with van der Waals surface area (Å²) >= 11 is 0. The van der Waals surface area contributed by atoms with Gasteiger partial charge in [0.1, 0.15) is 0 Å². The first kappa shape index (κ1) is 16.4. The van der Waals surface area contributed by atoms with Crippen LogP contribution >= 0.6 is 0 Å². The van der Waals surface area contributed by atoms with Gasteiger partial charge in [0.05, 0.1) is 0 Å². The fraction of sp³-hybridized carbons (Fsp3) is 0.684. The molecule has 2 nitrogen and oxygen atoms in total. The molecule has 1 atom stereocenters. The molecule has 1 N–H and O–H groups in total. The molecule has 2 heteroatoms. The lowest BCUT2D eigenvalue weighted by Gasteiger charge is -2.29. The smallest absolute Gasteiger partial charge is 0.0411 e. The van der Waals surface area contributed by atoms with Crippen LogP contribution in [0.1, 0.15) is 53.5 Å². The Hall–Kier alpha value is -1.02. The van der Waals surface area contributed by atoms with E-state index in [1.807, 2.05) is 0 Å². The molecule has 21 heavy (non-hydrogen) atoms. The fourth-order valence-electron chi connectivity index (χ4n) is 3.02. The second kappa shape index (κ2) is 6.00. The van der Waals surface area contributed by atoms with Gasteiger partial charge in [0.2, 0.25) is 0 Å². The third-order valence-corrected chi connectivity index (χ3v) is 4.55. The van der Waals surface area contributed by atoms with Crippen LogP contribution < -0.4 is 10.2 Å². The quantitative estimate of drug-likeness (QED) is 0.884. The van der Waals surface area contributed by atoms with E-state index >= 15 is 0 Å². The number of para-hydroxylation sites is 1. The molecule has 0 aliphatic carbocycles. The van der Waals surface area contributed by atoms with E-state index in [-0.39, 0.29) is 5.54 Å². The fourth-order valence-corrected chi connectivity index (χ4v) is 3.02. The minimum atomic E-state index is 0.159. The third-order valence-electron chi connectivity index (χ3n) is 4.55. The topological polar surface area (TPSA) is 15.3 Å². The van der Waals surface area contributed by atoms with Gasteiger partial charge in [-0.15, -0.1) is 0 Å². The van der Waals surface area contributed by atoms with Crippen molar-refractivity contribution in [2.45, 2.75) is 60.0 Å². The predicted octanol–water partition coefficient (Wildman–Crippen LogP) is 4.45. The average Bonchev–Trinajstić information content (AvgIpc) is 2.85. The molecule has 0 saturated carbocycles. The first-order chi connectivity index (χ1) is 9.67. The highest BCUT2D eigenvalue weighted by atomic mass is 15.2. The van der Waals surface area contributed by atoms with Gasteiger partial charge < -0.3 is 10.2 Å².